The number of rotatable bonds is 16. The normalized spacial score (nSPS) is 18.3. The second-order valence-corrected chi connectivity index (χ2v) is 29.1. The van der Waals surface area contributed by atoms with Crippen LogP contribution >= 0.6 is 0 Å². The van der Waals surface area contributed by atoms with E-state index in [1.165, 1.54) is 24.3 Å². The minimum atomic E-state index is -0.395. The number of ether oxygens (including phenoxy) is 2. The second kappa shape index (κ2) is 35.2. The Morgan fingerprint density at radius 2 is 0.587 bits per heavy atom. The highest BCUT2D eigenvalue weighted by atomic mass is 19.1. The fourth-order valence-corrected chi connectivity index (χ4v) is 14.4. The van der Waals surface area contributed by atoms with Crippen molar-refractivity contribution in [2.45, 2.75) is 145 Å². The van der Waals surface area contributed by atoms with Crippen LogP contribution in [0.25, 0.3) is 45.8 Å². The third-order valence-electron chi connectivity index (χ3n) is 21.1. The molecule has 6 aliphatic rings. The summed E-state index contributed by atoms with van der Waals surface area (Å²) in [7, 11) is 3.12. The highest BCUT2D eigenvalue weighted by Crippen LogP contribution is 2.35. The topological polar surface area (TPSA) is 207 Å². The highest BCUT2D eigenvalue weighted by Gasteiger charge is 2.34. The number of benzene rings is 4. The maximum absolute atomic E-state index is 14.4. The number of halogens is 4. The van der Waals surface area contributed by atoms with Gasteiger partial charge in [0.05, 0.1) is 36.5 Å². The Hall–Kier alpha value is -8.28. The molecule has 6 saturated heterocycles. The van der Waals surface area contributed by atoms with Gasteiger partial charge in [-0.25, -0.2) is 17.6 Å². The van der Waals surface area contributed by atoms with Gasteiger partial charge in [-0.2, -0.15) is 0 Å². The van der Waals surface area contributed by atoms with E-state index in [0.717, 1.165) is 179 Å². The van der Waals surface area contributed by atoms with Crippen molar-refractivity contribution in [2.75, 3.05) is 165 Å². The Bertz CT molecular complexity index is 4020. The molecule has 6 fully saturated rings. The molecule has 8 aromatic rings. The zero-order valence-corrected chi connectivity index (χ0v) is 63.2. The Labute approximate surface area is 609 Å². The van der Waals surface area contributed by atoms with Crippen molar-refractivity contribution in [3.63, 3.8) is 0 Å². The quantitative estimate of drug-likeness (QED) is 0.0824. The minimum absolute atomic E-state index is 0.173. The van der Waals surface area contributed by atoms with E-state index in [2.05, 4.69) is 140 Å². The van der Waals surface area contributed by atoms with E-state index in [-0.39, 0.29) is 52.1 Å². The number of nitrogens with zero attached hydrogens (tertiary/aromatic N) is 18. The van der Waals surface area contributed by atoms with Crippen LogP contribution < -0.4 is 29.1 Å². The van der Waals surface area contributed by atoms with Crippen molar-refractivity contribution >= 4 is 24.1 Å². The molecule has 0 bridgehead atoms. The van der Waals surface area contributed by atoms with Gasteiger partial charge in [-0.3, -0.25) is 29.4 Å². The maximum atomic E-state index is 14.4. The first-order valence-electron chi connectivity index (χ1n) is 37.0. The molecule has 28 heteroatoms. The molecule has 0 atom stereocenters. The average Bonchev–Trinajstić information content (AvgIpc) is 1.35. The summed E-state index contributed by atoms with van der Waals surface area (Å²) in [5, 5.41) is 32.7. The molecule has 0 amide bonds. The lowest BCUT2D eigenvalue weighted by Crippen LogP contribution is -2.54. The van der Waals surface area contributed by atoms with Gasteiger partial charge in [0, 0.05) is 167 Å². The Morgan fingerprint density at radius 1 is 0.327 bits per heavy atom. The van der Waals surface area contributed by atoms with E-state index in [4.69, 9.17) is 27.1 Å². The number of hydrogen-bond donors (Lipinski definition) is 0. The maximum Gasteiger partial charge on any atom is 0.318 e. The van der Waals surface area contributed by atoms with Gasteiger partial charge in [-0.05, 0) is 180 Å². The first-order chi connectivity index (χ1) is 50.0. The van der Waals surface area contributed by atoms with Crippen molar-refractivity contribution in [3.05, 3.63) is 106 Å². The van der Waals surface area contributed by atoms with Crippen LogP contribution in [0.15, 0.2) is 78.3 Å². The molecule has 0 aliphatic carbocycles. The largest absolute Gasteiger partial charge is 0.496 e. The smallest absolute Gasteiger partial charge is 0.318 e. The van der Waals surface area contributed by atoms with Gasteiger partial charge in [0.1, 0.15) is 34.8 Å². The summed E-state index contributed by atoms with van der Waals surface area (Å²) < 4.78 is 90.4. The molecule has 0 unspecified atom stereocenters. The molecule has 6 aliphatic heterocycles. The number of piperazine rings is 4. The highest BCUT2D eigenvalue weighted by molar-refractivity contribution is 5.61. The summed E-state index contributed by atoms with van der Waals surface area (Å²) in [6, 6.07) is 21.5. The van der Waals surface area contributed by atoms with E-state index < -0.39 is 5.82 Å². The van der Waals surface area contributed by atoms with E-state index in [9.17, 15) is 17.6 Å². The Balaban J connectivity index is 0.000000140. The predicted molar refractivity (Wildman–Crippen MR) is 396 cm³/mol. The van der Waals surface area contributed by atoms with E-state index >= 15 is 0 Å². The van der Waals surface area contributed by atoms with Gasteiger partial charge in [0.25, 0.3) is 23.6 Å². The van der Waals surface area contributed by atoms with Crippen LogP contribution in [0.1, 0.15) is 103 Å². The molecule has 24 nitrogen and oxygen atoms in total. The van der Waals surface area contributed by atoms with Gasteiger partial charge < -0.3 is 46.7 Å². The summed E-state index contributed by atoms with van der Waals surface area (Å²) in [6.45, 7) is 45.0. The molecule has 14 rings (SSSR count). The number of aromatic nitrogens is 8. The monoisotopic (exact) mass is 1440 g/mol. The van der Waals surface area contributed by atoms with Crippen LogP contribution in [0.3, 0.4) is 0 Å². The zero-order valence-electron chi connectivity index (χ0n) is 63.2. The summed E-state index contributed by atoms with van der Waals surface area (Å²) in [5.74, 6) is 0.601. The molecule has 564 valence electrons. The number of hydrogen-bond acceptors (Lipinski definition) is 24. The molecule has 104 heavy (non-hydrogen) atoms. The number of aryl methyl sites for hydroxylation is 4. The summed E-state index contributed by atoms with van der Waals surface area (Å²) >= 11 is 0. The van der Waals surface area contributed by atoms with Gasteiger partial charge in [0.15, 0.2) is 0 Å². The van der Waals surface area contributed by atoms with Crippen molar-refractivity contribution in [1.29, 1.82) is 0 Å². The lowest BCUT2D eigenvalue weighted by molar-refractivity contribution is 0.0689. The molecule has 0 N–H and O–H groups in total. The first-order valence-corrected chi connectivity index (χ1v) is 37.0. The number of anilines is 4. The molecule has 10 heterocycles. The number of methoxy groups -OCH3 is 2. The Kier molecular flexibility index (Phi) is 26.0. The van der Waals surface area contributed by atoms with Crippen LogP contribution in [-0.4, -0.2) is 252 Å². The van der Waals surface area contributed by atoms with Crippen molar-refractivity contribution < 1.29 is 44.7 Å². The molecule has 0 radical (unpaired) electrons. The van der Waals surface area contributed by atoms with Gasteiger partial charge >= 0.3 is 24.1 Å². The molecule has 0 saturated carbocycles. The van der Waals surface area contributed by atoms with E-state index in [1.54, 1.807) is 52.3 Å². The fourth-order valence-electron chi connectivity index (χ4n) is 14.4. The van der Waals surface area contributed by atoms with E-state index in [1.807, 2.05) is 30.9 Å². The molecular weight excluding hydrogens is 1340 g/mol. The van der Waals surface area contributed by atoms with Crippen molar-refractivity contribution in [3.8, 4) is 57.3 Å². The van der Waals surface area contributed by atoms with Crippen LogP contribution in [0.5, 0.6) is 11.5 Å². The summed E-state index contributed by atoms with van der Waals surface area (Å²) in [5.41, 5.74) is 4.44. The molecular formula is C76H106F4N18O6. The fraction of sp³-hybridized carbons (Fsp3) is 0.579. The lowest BCUT2D eigenvalue weighted by atomic mass is 10.0. The van der Waals surface area contributed by atoms with Gasteiger partial charge in [-0.1, -0.05) is 32.5 Å². The van der Waals surface area contributed by atoms with Crippen LogP contribution in [0.2, 0.25) is 0 Å². The molecule has 4 aromatic carbocycles. The second-order valence-electron chi connectivity index (χ2n) is 29.1. The van der Waals surface area contributed by atoms with Crippen molar-refractivity contribution in [1.82, 2.24) is 70.2 Å². The zero-order chi connectivity index (χ0) is 73.9. The van der Waals surface area contributed by atoms with Crippen molar-refractivity contribution in [2.24, 2.45) is 0 Å². The third kappa shape index (κ3) is 19.0. The predicted octanol–water partition coefficient (Wildman–Crippen LogP) is 11.8. The molecule has 0 spiro atoms. The van der Waals surface area contributed by atoms with Crippen LogP contribution in [0, 0.1) is 51.0 Å². The third-order valence-corrected chi connectivity index (χ3v) is 21.1. The van der Waals surface area contributed by atoms with Gasteiger partial charge in [-0.15, -0.1) is 20.4 Å². The Morgan fingerprint density at radius 3 is 0.856 bits per heavy atom. The van der Waals surface area contributed by atoms with Crippen LogP contribution in [0.4, 0.5) is 41.6 Å². The van der Waals surface area contributed by atoms with E-state index in [0.29, 0.717) is 82.9 Å². The summed E-state index contributed by atoms with van der Waals surface area (Å²) in [6.07, 6.45) is 4.34. The van der Waals surface area contributed by atoms with Crippen LogP contribution in [-0.2, 0) is 0 Å². The summed E-state index contributed by atoms with van der Waals surface area (Å²) in [4.78, 5) is 23.5. The number of piperidine rings is 2. The SMILES string of the molecule is COc1cc(-c2nnc(N3CCC(N4CCN(C(C)C)CC4)CC3)o2)c(F)cc1C.COc1cc(-c2nnc(N3CCN(C(C)C)CC3)o2)c(F)cc1C.Cc1ccc(-c2nnc(N3CCC(N4CCN(C(C)C)CC4)CC3)o2)c(F)c1.Cc1ccc(-c2nnc(N3CCN(C(C)C)CC3)o2)c(F)c1. The average molecular weight is 1440 g/mol. The lowest BCUT2D eigenvalue weighted by Gasteiger charge is -2.43. The first kappa shape index (κ1) is 76.8. The minimum Gasteiger partial charge on any atom is -0.496 e. The van der Waals surface area contributed by atoms with Gasteiger partial charge in [0.2, 0.25) is 0 Å². The molecule has 4 aromatic heterocycles. The standard InChI is InChI=1S/C22H32FN5O2.C21H30FN5O.C17H23FN4O2.C16H21FN4O/c1-15(2)26-9-11-27(12-10-26)17-5-7-28(8-6-17)22-25-24-21(30-22)18-14-20(29-4)16(3)13-19(18)23;1-15(2)25-10-12-26(13-11-25)17-6-8-27(9-7-17)21-24-23-20(28-21)18-5-4-16(3)14-19(18)22;1-11(2)21-5-7-22(8-6-21)17-20-19-16(24-17)13-10-15(23-4)12(3)9-14(13)18;1-11(2)20-6-8-21(9-7-20)16-19-18-15(22-16)13-5-4-12(3)10-14(13)17/h13-15,17H,5-12H2,1-4H3;4-5,14-15,17H,6-13H2,1-3H3;9-11H,5-8H2,1-4H3;4-5,10-11H,6-9H2,1-3H3.